The Hall–Kier alpha value is -1.59. The van der Waals surface area contributed by atoms with Gasteiger partial charge in [-0.1, -0.05) is 0 Å². The molecule has 3 fully saturated rings. The molecule has 3 amide bonds. The van der Waals surface area contributed by atoms with Crippen LogP contribution >= 0.6 is 0 Å². The standard InChI is InChI=1S/C14H21N3O3/c1-9-12(18)15-6-8-16(9)14(20)11-3-2-7-17(11)13(19)10-4-5-10/h9-11H,2-8H2,1H3,(H,15,18). The molecule has 0 radical (unpaired) electrons. The predicted octanol–water partition coefficient (Wildman–Crippen LogP) is -0.266. The molecule has 3 aliphatic rings. The number of rotatable bonds is 2. The second-order valence-corrected chi connectivity index (χ2v) is 5.96. The van der Waals surface area contributed by atoms with Crippen molar-refractivity contribution in [2.45, 2.75) is 44.7 Å². The maximum absolute atomic E-state index is 12.7. The third-order valence-corrected chi connectivity index (χ3v) is 4.53. The first kappa shape index (κ1) is 13.4. The van der Waals surface area contributed by atoms with Crippen LogP contribution in [0.3, 0.4) is 0 Å². The first-order chi connectivity index (χ1) is 9.59. The van der Waals surface area contributed by atoms with Crippen LogP contribution in [0, 0.1) is 5.92 Å². The molecule has 0 aromatic heterocycles. The van der Waals surface area contributed by atoms with E-state index in [-0.39, 0.29) is 29.7 Å². The highest BCUT2D eigenvalue weighted by Gasteiger charge is 2.43. The molecule has 6 heteroatoms. The van der Waals surface area contributed by atoms with E-state index in [2.05, 4.69) is 5.32 Å². The molecule has 2 atom stereocenters. The Morgan fingerprint density at radius 3 is 2.55 bits per heavy atom. The van der Waals surface area contributed by atoms with Gasteiger partial charge in [-0.05, 0) is 32.6 Å². The zero-order valence-corrected chi connectivity index (χ0v) is 11.8. The fourth-order valence-electron chi connectivity index (χ4n) is 3.13. The highest BCUT2D eigenvalue weighted by molar-refractivity contribution is 5.93. The molecule has 3 rings (SSSR count). The van der Waals surface area contributed by atoms with Crippen LogP contribution in [0.1, 0.15) is 32.6 Å². The minimum absolute atomic E-state index is 0.0566. The molecule has 0 spiro atoms. The third kappa shape index (κ3) is 2.27. The van der Waals surface area contributed by atoms with Crippen molar-refractivity contribution in [3.05, 3.63) is 0 Å². The number of amides is 3. The summed E-state index contributed by atoms with van der Waals surface area (Å²) in [6, 6.07) is -0.786. The molecule has 1 aliphatic carbocycles. The number of hydrogen-bond acceptors (Lipinski definition) is 3. The molecule has 2 unspecified atom stereocenters. The average Bonchev–Trinajstić information content (AvgIpc) is 3.17. The van der Waals surface area contributed by atoms with Crippen molar-refractivity contribution in [1.82, 2.24) is 15.1 Å². The van der Waals surface area contributed by atoms with Crippen LogP contribution in [0.2, 0.25) is 0 Å². The fourth-order valence-corrected chi connectivity index (χ4v) is 3.13. The zero-order valence-electron chi connectivity index (χ0n) is 11.8. The van der Waals surface area contributed by atoms with Gasteiger partial charge in [0.2, 0.25) is 17.7 Å². The smallest absolute Gasteiger partial charge is 0.246 e. The van der Waals surface area contributed by atoms with E-state index in [0.29, 0.717) is 19.6 Å². The Balaban J connectivity index is 1.71. The quantitative estimate of drug-likeness (QED) is 0.757. The van der Waals surface area contributed by atoms with E-state index in [9.17, 15) is 14.4 Å². The highest BCUT2D eigenvalue weighted by atomic mass is 16.2. The van der Waals surface area contributed by atoms with Crippen LogP contribution in [-0.4, -0.2) is 59.2 Å². The maximum Gasteiger partial charge on any atom is 0.246 e. The van der Waals surface area contributed by atoms with E-state index in [1.165, 1.54) is 0 Å². The Morgan fingerprint density at radius 2 is 1.85 bits per heavy atom. The van der Waals surface area contributed by atoms with Crippen molar-refractivity contribution in [3.63, 3.8) is 0 Å². The molecule has 0 bridgehead atoms. The molecule has 2 aliphatic heterocycles. The van der Waals surface area contributed by atoms with Crippen LogP contribution in [0.25, 0.3) is 0 Å². The molecule has 2 saturated heterocycles. The molecule has 0 aromatic carbocycles. The lowest BCUT2D eigenvalue weighted by Crippen LogP contribution is -2.59. The predicted molar refractivity (Wildman–Crippen MR) is 71.6 cm³/mol. The summed E-state index contributed by atoms with van der Waals surface area (Å²) in [7, 11) is 0. The number of nitrogens with zero attached hydrogens (tertiary/aromatic N) is 2. The number of nitrogens with one attached hydrogen (secondary N) is 1. The summed E-state index contributed by atoms with van der Waals surface area (Å²) >= 11 is 0. The number of hydrogen-bond donors (Lipinski definition) is 1. The van der Waals surface area contributed by atoms with Gasteiger partial charge in [-0.25, -0.2) is 0 Å². The summed E-state index contributed by atoms with van der Waals surface area (Å²) in [5, 5.41) is 2.76. The van der Waals surface area contributed by atoms with Crippen molar-refractivity contribution in [1.29, 1.82) is 0 Å². The first-order valence-corrected chi connectivity index (χ1v) is 7.48. The van der Waals surface area contributed by atoms with E-state index in [0.717, 1.165) is 25.7 Å². The second-order valence-electron chi connectivity index (χ2n) is 5.96. The van der Waals surface area contributed by atoms with Gasteiger partial charge in [-0.3, -0.25) is 14.4 Å². The van der Waals surface area contributed by atoms with E-state index < -0.39 is 6.04 Å². The summed E-state index contributed by atoms with van der Waals surface area (Å²) in [6.45, 7) is 3.46. The summed E-state index contributed by atoms with van der Waals surface area (Å²) in [5.41, 5.74) is 0. The summed E-state index contributed by atoms with van der Waals surface area (Å²) in [4.78, 5) is 39.9. The molecule has 1 saturated carbocycles. The van der Waals surface area contributed by atoms with Gasteiger partial charge in [0.05, 0.1) is 0 Å². The minimum atomic E-state index is -0.435. The maximum atomic E-state index is 12.7. The van der Waals surface area contributed by atoms with E-state index >= 15 is 0 Å². The van der Waals surface area contributed by atoms with Gasteiger partial charge in [-0.15, -0.1) is 0 Å². The van der Waals surface area contributed by atoms with Gasteiger partial charge in [-0.2, -0.15) is 0 Å². The van der Waals surface area contributed by atoms with Crippen molar-refractivity contribution < 1.29 is 14.4 Å². The number of carbonyl (C=O) groups excluding carboxylic acids is 3. The van der Waals surface area contributed by atoms with Gasteiger partial charge in [0.25, 0.3) is 0 Å². The van der Waals surface area contributed by atoms with Gasteiger partial charge in [0.15, 0.2) is 0 Å². The zero-order chi connectivity index (χ0) is 14.3. The molecular formula is C14H21N3O3. The molecule has 2 heterocycles. The molecular weight excluding hydrogens is 258 g/mol. The summed E-state index contributed by atoms with van der Waals surface area (Å²) in [6.07, 6.45) is 3.52. The minimum Gasteiger partial charge on any atom is -0.353 e. The lowest BCUT2D eigenvalue weighted by molar-refractivity contribution is -0.149. The monoisotopic (exact) mass is 279 g/mol. The van der Waals surface area contributed by atoms with Crippen molar-refractivity contribution >= 4 is 17.7 Å². The van der Waals surface area contributed by atoms with Crippen LogP contribution in [0.5, 0.6) is 0 Å². The number of likely N-dealkylation sites (tertiary alicyclic amines) is 1. The molecule has 20 heavy (non-hydrogen) atoms. The Morgan fingerprint density at radius 1 is 1.10 bits per heavy atom. The van der Waals surface area contributed by atoms with E-state index in [4.69, 9.17) is 0 Å². The molecule has 0 aromatic rings. The van der Waals surface area contributed by atoms with Gasteiger partial charge >= 0.3 is 0 Å². The van der Waals surface area contributed by atoms with Crippen molar-refractivity contribution in [2.24, 2.45) is 5.92 Å². The van der Waals surface area contributed by atoms with Crippen molar-refractivity contribution in [2.75, 3.05) is 19.6 Å². The largest absolute Gasteiger partial charge is 0.353 e. The number of carbonyl (C=O) groups is 3. The van der Waals surface area contributed by atoms with Gasteiger partial charge in [0, 0.05) is 25.6 Å². The van der Waals surface area contributed by atoms with E-state index in [1.54, 1.807) is 16.7 Å². The topological polar surface area (TPSA) is 69.7 Å². The molecule has 1 N–H and O–H groups in total. The highest BCUT2D eigenvalue weighted by Crippen LogP contribution is 2.34. The van der Waals surface area contributed by atoms with Crippen LogP contribution in [0.4, 0.5) is 0 Å². The fraction of sp³-hybridized carbons (Fsp3) is 0.786. The average molecular weight is 279 g/mol. The lowest BCUT2D eigenvalue weighted by atomic mass is 10.1. The lowest BCUT2D eigenvalue weighted by Gasteiger charge is -2.36. The van der Waals surface area contributed by atoms with Gasteiger partial charge in [0.1, 0.15) is 12.1 Å². The SMILES string of the molecule is CC1C(=O)NCCN1C(=O)C1CCCN1C(=O)C1CC1. The third-order valence-electron chi connectivity index (χ3n) is 4.53. The summed E-state index contributed by atoms with van der Waals surface area (Å²) in [5.74, 6) is 0.113. The molecule has 110 valence electrons. The first-order valence-electron chi connectivity index (χ1n) is 7.48. The van der Waals surface area contributed by atoms with Crippen LogP contribution < -0.4 is 5.32 Å². The van der Waals surface area contributed by atoms with E-state index in [1.807, 2.05) is 0 Å². The Kier molecular flexibility index (Phi) is 3.40. The normalized spacial score (nSPS) is 30.4. The van der Waals surface area contributed by atoms with Gasteiger partial charge < -0.3 is 15.1 Å². The van der Waals surface area contributed by atoms with Crippen LogP contribution in [0.15, 0.2) is 0 Å². The summed E-state index contributed by atoms with van der Waals surface area (Å²) < 4.78 is 0. The second kappa shape index (κ2) is 5.07. The van der Waals surface area contributed by atoms with Crippen molar-refractivity contribution in [3.8, 4) is 0 Å². The Labute approximate surface area is 118 Å². The number of piperazine rings is 1. The molecule has 6 nitrogen and oxygen atoms in total. The van der Waals surface area contributed by atoms with Crippen LogP contribution in [-0.2, 0) is 14.4 Å². The Bertz CT molecular complexity index is 447.